The number of fused-ring (bicyclic) bond motifs is 1. The molecule has 3 rings (SSSR count). The van der Waals surface area contributed by atoms with Crippen molar-refractivity contribution in [3.63, 3.8) is 0 Å². The highest BCUT2D eigenvalue weighted by atomic mass is 79.9. The first-order chi connectivity index (χ1) is 10.8. The van der Waals surface area contributed by atoms with Crippen molar-refractivity contribution in [1.29, 1.82) is 0 Å². The van der Waals surface area contributed by atoms with Crippen LogP contribution in [0.25, 0.3) is 10.9 Å². The Morgan fingerprint density at radius 3 is 2.70 bits per heavy atom. The van der Waals surface area contributed by atoms with E-state index in [4.69, 9.17) is 4.74 Å². The summed E-state index contributed by atoms with van der Waals surface area (Å²) in [6, 6.07) is 6.11. The first-order valence-corrected chi connectivity index (χ1v) is 8.74. The van der Waals surface area contributed by atoms with Gasteiger partial charge in [0.1, 0.15) is 5.60 Å². The van der Waals surface area contributed by atoms with E-state index in [0.29, 0.717) is 19.0 Å². The Morgan fingerprint density at radius 2 is 2.04 bits per heavy atom. The summed E-state index contributed by atoms with van der Waals surface area (Å²) in [4.78, 5) is 13.9. The second-order valence-electron chi connectivity index (χ2n) is 7.04. The zero-order valence-corrected chi connectivity index (χ0v) is 15.3. The topological polar surface area (TPSA) is 58.2 Å². The van der Waals surface area contributed by atoms with Gasteiger partial charge in [0, 0.05) is 34.6 Å². The van der Waals surface area contributed by atoms with Crippen LogP contribution in [0.15, 0.2) is 22.7 Å². The van der Waals surface area contributed by atoms with Crippen molar-refractivity contribution in [3.05, 3.63) is 28.4 Å². The molecule has 6 heteroatoms. The molecule has 1 fully saturated rings. The predicted octanol–water partition coefficient (Wildman–Crippen LogP) is 4.44. The number of ether oxygens (including phenoxy) is 1. The molecule has 0 unspecified atom stereocenters. The van der Waals surface area contributed by atoms with Crippen LogP contribution in [0.4, 0.5) is 4.79 Å². The van der Waals surface area contributed by atoms with Gasteiger partial charge in [0.25, 0.3) is 0 Å². The van der Waals surface area contributed by atoms with E-state index in [1.165, 1.54) is 5.69 Å². The van der Waals surface area contributed by atoms with Gasteiger partial charge in [-0.15, -0.1) is 0 Å². The first-order valence-electron chi connectivity index (χ1n) is 7.95. The largest absolute Gasteiger partial charge is 0.444 e. The van der Waals surface area contributed by atoms with Gasteiger partial charge in [0.2, 0.25) is 0 Å². The SMILES string of the molecule is CC(C)(C)OC(=O)N1CCC(c2[nH]nc3ccc(Br)cc23)CC1. The lowest BCUT2D eigenvalue weighted by molar-refractivity contribution is 0.0204. The summed E-state index contributed by atoms with van der Waals surface area (Å²) in [6.07, 6.45) is 1.62. The van der Waals surface area contributed by atoms with E-state index in [0.717, 1.165) is 28.2 Å². The smallest absolute Gasteiger partial charge is 0.410 e. The molecular formula is C17H22BrN3O2. The van der Waals surface area contributed by atoms with Crippen molar-refractivity contribution in [2.45, 2.75) is 45.1 Å². The molecule has 2 aromatic rings. The minimum atomic E-state index is -0.445. The summed E-state index contributed by atoms with van der Waals surface area (Å²) >= 11 is 3.52. The van der Waals surface area contributed by atoms with E-state index in [-0.39, 0.29) is 6.09 Å². The maximum absolute atomic E-state index is 12.1. The minimum absolute atomic E-state index is 0.215. The number of nitrogens with one attached hydrogen (secondary N) is 1. The number of likely N-dealkylation sites (tertiary alicyclic amines) is 1. The van der Waals surface area contributed by atoms with Crippen LogP contribution in [0.2, 0.25) is 0 Å². The molecule has 23 heavy (non-hydrogen) atoms. The molecule has 0 atom stereocenters. The monoisotopic (exact) mass is 379 g/mol. The summed E-state index contributed by atoms with van der Waals surface area (Å²) in [5, 5.41) is 8.74. The molecule has 1 aromatic heterocycles. The minimum Gasteiger partial charge on any atom is -0.444 e. The van der Waals surface area contributed by atoms with Gasteiger partial charge in [-0.05, 0) is 51.8 Å². The van der Waals surface area contributed by atoms with Crippen molar-refractivity contribution >= 4 is 32.9 Å². The molecule has 5 nitrogen and oxygen atoms in total. The number of rotatable bonds is 1. The Morgan fingerprint density at radius 1 is 1.35 bits per heavy atom. The van der Waals surface area contributed by atoms with Crippen molar-refractivity contribution in [2.24, 2.45) is 0 Å². The van der Waals surface area contributed by atoms with Crippen LogP contribution in [-0.4, -0.2) is 39.9 Å². The number of H-pyrrole nitrogens is 1. The number of amides is 1. The summed E-state index contributed by atoms with van der Waals surface area (Å²) in [7, 11) is 0. The molecule has 2 heterocycles. The number of piperidine rings is 1. The molecule has 1 aliphatic rings. The number of hydrogen-bond acceptors (Lipinski definition) is 3. The van der Waals surface area contributed by atoms with E-state index in [2.05, 4.69) is 32.2 Å². The highest BCUT2D eigenvalue weighted by Crippen LogP contribution is 2.33. The van der Waals surface area contributed by atoms with Crippen molar-refractivity contribution in [3.8, 4) is 0 Å². The lowest BCUT2D eigenvalue weighted by Gasteiger charge is -2.33. The van der Waals surface area contributed by atoms with Gasteiger partial charge >= 0.3 is 6.09 Å². The van der Waals surface area contributed by atoms with Crippen molar-refractivity contribution in [1.82, 2.24) is 15.1 Å². The third kappa shape index (κ3) is 3.68. The number of benzene rings is 1. The van der Waals surface area contributed by atoms with Gasteiger partial charge in [0.15, 0.2) is 0 Å². The number of nitrogens with zero attached hydrogens (tertiary/aromatic N) is 2. The number of halogens is 1. The number of aromatic nitrogens is 2. The molecule has 1 N–H and O–H groups in total. The molecular weight excluding hydrogens is 358 g/mol. The zero-order chi connectivity index (χ0) is 16.6. The van der Waals surface area contributed by atoms with Gasteiger partial charge in [-0.3, -0.25) is 5.10 Å². The lowest BCUT2D eigenvalue weighted by atomic mass is 9.92. The van der Waals surface area contributed by atoms with Crippen LogP contribution in [0, 0.1) is 0 Å². The normalized spacial score (nSPS) is 16.8. The van der Waals surface area contributed by atoms with Gasteiger partial charge < -0.3 is 9.64 Å². The number of carbonyl (C=O) groups is 1. The Balaban J connectivity index is 1.69. The van der Waals surface area contributed by atoms with Crippen molar-refractivity contribution < 1.29 is 9.53 Å². The van der Waals surface area contributed by atoms with Crippen LogP contribution < -0.4 is 0 Å². The standard InChI is InChI=1S/C17H22BrN3O2/c1-17(2,3)23-16(22)21-8-6-11(7-9-21)15-13-10-12(18)4-5-14(13)19-20-15/h4-5,10-11H,6-9H2,1-3H3,(H,19,20). The Bertz CT molecular complexity index is 712. The third-order valence-electron chi connectivity index (χ3n) is 4.10. The molecule has 0 aliphatic carbocycles. The van der Waals surface area contributed by atoms with E-state index in [1.807, 2.05) is 32.9 Å². The molecule has 0 radical (unpaired) electrons. The van der Waals surface area contributed by atoms with Gasteiger partial charge in [-0.25, -0.2) is 4.79 Å². The van der Waals surface area contributed by atoms with E-state index >= 15 is 0 Å². The highest BCUT2D eigenvalue weighted by molar-refractivity contribution is 9.10. The molecule has 0 bridgehead atoms. The molecule has 1 aliphatic heterocycles. The lowest BCUT2D eigenvalue weighted by Crippen LogP contribution is -2.41. The summed E-state index contributed by atoms with van der Waals surface area (Å²) < 4.78 is 6.50. The Labute approximate surface area is 144 Å². The number of aromatic amines is 1. The Kier molecular flexibility index (Phi) is 4.36. The second kappa shape index (κ2) is 6.15. The fraction of sp³-hybridized carbons (Fsp3) is 0.529. The molecule has 0 saturated carbocycles. The molecule has 1 saturated heterocycles. The van der Waals surface area contributed by atoms with Crippen molar-refractivity contribution in [2.75, 3.05) is 13.1 Å². The number of carbonyl (C=O) groups excluding carboxylic acids is 1. The maximum Gasteiger partial charge on any atom is 0.410 e. The van der Waals surface area contributed by atoms with Crippen LogP contribution >= 0.6 is 15.9 Å². The first kappa shape index (κ1) is 16.3. The maximum atomic E-state index is 12.1. The van der Waals surface area contributed by atoms with Crippen LogP contribution in [-0.2, 0) is 4.74 Å². The summed E-state index contributed by atoms with van der Waals surface area (Å²) in [5.74, 6) is 0.396. The second-order valence-corrected chi connectivity index (χ2v) is 7.96. The Hall–Kier alpha value is -1.56. The highest BCUT2D eigenvalue weighted by Gasteiger charge is 2.28. The third-order valence-corrected chi connectivity index (χ3v) is 4.59. The average molecular weight is 380 g/mol. The fourth-order valence-corrected chi connectivity index (χ4v) is 3.35. The van der Waals surface area contributed by atoms with Gasteiger partial charge in [-0.1, -0.05) is 15.9 Å². The summed E-state index contributed by atoms with van der Waals surface area (Å²) in [5.41, 5.74) is 1.71. The van der Waals surface area contributed by atoms with Crippen LogP contribution in [0.5, 0.6) is 0 Å². The molecule has 124 valence electrons. The summed E-state index contributed by atoms with van der Waals surface area (Å²) in [6.45, 7) is 7.12. The van der Waals surface area contributed by atoms with E-state index in [1.54, 1.807) is 4.90 Å². The molecule has 1 amide bonds. The predicted molar refractivity (Wildman–Crippen MR) is 93.6 cm³/mol. The van der Waals surface area contributed by atoms with E-state index < -0.39 is 5.60 Å². The van der Waals surface area contributed by atoms with Gasteiger partial charge in [-0.2, -0.15) is 5.10 Å². The van der Waals surface area contributed by atoms with E-state index in [9.17, 15) is 4.79 Å². The zero-order valence-electron chi connectivity index (χ0n) is 13.7. The molecule has 0 spiro atoms. The fourth-order valence-electron chi connectivity index (χ4n) is 2.99. The quantitative estimate of drug-likeness (QED) is 0.796. The molecule has 1 aromatic carbocycles. The number of hydrogen-bond donors (Lipinski definition) is 1. The van der Waals surface area contributed by atoms with Crippen LogP contribution in [0.3, 0.4) is 0 Å². The van der Waals surface area contributed by atoms with Crippen LogP contribution in [0.1, 0.15) is 45.2 Å². The average Bonchev–Trinajstić information content (AvgIpc) is 2.88. The van der Waals surface area contributed by atoms with Gasteiger partial charge in [0.05, 0.1) is 5.52 Å².